The van der Waals surface area contributed by atoms with Gasteiger partial charge in [0.25, 0.3) is 0 Å². The van der Waals surface area contributed by atoms with Gasteiger partial charge in [-0.05, 0) is 25.5 Å². The van der Waals surface area contributed by atoms with E-state index in [2.05, 4.69) is 0 Å². The molecule has 0 aliphatic rings. The number of para-hydroxylation sites is 1. The first-order valence-corrected chi connectivity index (χ1v) is 4.82. The quantitative estimate of drug-likeness (QED) is 0.804. The molecule has 3 heteroatoms. The summed E-state index contributed by atoms with van der Waals surface area (Å²) >= 11 is 0. The van der Waals surface area contributed by atoms with Gasteiger partial charge in [0.1, 0.15) is 6.10 Å². The van der Waals surface area contributed by atoms with E-state index >= 15 is 0 Å². The maximum atomic E-state index is 13.2. The van der Waals surface area contributed by atoms with Crippen LogP contribution in [-0.2, 0) is 0 Å². The van der Waals surface area contributed by atoms with Crippen LogP contribution >= 0.6 is 0 Å². The lowest BCUT2D eigenvalue weighted by Gasteiger charge is -2.20. The molecule has 0 fully saturated rings. The summed E-state index contributed by atoms with van der Waals surface area (Å²) < 4.78 is 18.5. The third-order valence-electron chi connectivity index (χ3n) is 2.22. The van der Waals surface area contributed by atoms with Crippen LogP contribution in [-0.4, -0.2) is 12.1 Å². The Morgan fingerprint density at radius 2 is 2.07 bits per heavy atom. The topological polar surface area (TPSA) is 35.2 Å². The van der Waals surface area contributed by atoms with Crippen LogP contribution in [0.3, 0.4) is 0 Å². The molecule has 2 unspecified atom stereocenters. The molecule has 2 atom stereocenters. The first-order valence-electron chi connectivity index (χ1n) is 4.82. The summed E-state index contributed by atoms with van der Waals surface area (Å²) in [4.78, 5) is 0. The highest BCUT2D eigenvalue weighted by atomic mass is 19.1. The largest absolute Gasteiger partial charge is 0.486 e. The molecule has 0 saturated heterocycles. The third kappa shape index (κ3) is 2.70. The van der Waals surface area contributed by atoms with Gasteiger partial charge in [-0.2, -0.15) is 0 Å². The highest BCUT2D eigenvalue weighted by molar-refractivity contribution is 5.23. The summed E-state index contributed by atoms with van der Waals surface area (Å²) in [5, 5.41) is 0. The second-order valence-electron chi connectivity index (χ2n) is 3.33. The molecular formula is C11H16FNO. The number of nitrogens with two attached hydrogens (primary N) is 1. The zero-order valence-corrected chi connectivity index (χ0v) is 8.53. The van der Waals surface area contributed by atoms with E-state index in [9.17, 15) is 4.39 Å². The molecule has 1 aromatic carbocycles. The van der Waals surface area contributed by atoms with Crippen molar-refractivity contribution in [2.75, 3.05) is 0 Å². The fourth-order valence-electron chi connectivity index (χ4n) is 1.16. The van der Waals surface area contributed by atoms with Gasteiger partial charge >= 0.3 is 0 Å². The van der Waals surface area contributed by atoms with Gasteiger partial charge in [0.2, 0.25) is 0 Å². The molecule has 0 amide bonds. The fourth-order valence-corrected chi connectivity index (χ4v) is 1.16. The average Bonchev–Trinajstić information content (AvgIpc) is 2.20. The van der Waals surface area contributed by atoms with Crippen molar-refractivity contribution in [3.05, 3.63) is 30.1 Å². The number of hydrogen-bond acceptors (Lipinski definition) is 2. The summed E-state index contributed by atoms with van der Waals surface area (Å²) in [6, 6.07) is 6.29. The highest BCUT2D eigenvalue weighted by Gasteiger charge is 2.13. The van der Waals surface area contributed by atoms with Gasteiger partial charge in [-0.25, -0.2) is 4.39 Å². The van der Waals surface area contributed by atoms with Crippen molar-refractivity contribution in [2.24, 2.45) is 5.73 Å². The molecule has 0 saturated carbocycles. The van der Waals surface area contributed by atoms with E-state index in [-0.39, 0.29) is 23.7 Å². The van der Waals surface area contributed by atoms with E-state index < -0.39 is 0 Å². The molecule has 0 radical (unpaired) electrons. The van der Waals surface area contributed by atoms with Crippen LogP contribution in [0.4, 0.5) is 4.39 Å². The van der Waals surface area contributed by atoms with Crippen LogP contribution < -0.4 is 10.5 Å². The summed E-state index contributed by atoms with van der Waals surface area (Å²) in [6.45, 7) is 3.83. The molecular weight excluding hydrogens is 181 g/mol. The summed E-state index contributed by atoms with van der Waals surface area (Å²) in [5.74, 6) is -0.0773. The van der Waals surface area contributed by atoms with Crippen molar-refractivity contribution in [2.45, 2.75) is 32.4 Å². The van der Waals surface area contributed by atoms with E-state index in [4.69, 9.17) is 10.5 Å². The Bertz CT molecular complexity index is 290. The normalized spacial score (nSPS) is 14.9. The van der Waals surface area contributed by atoms with Crippen molar-refractivity contribution in [3.63, 3.8) is 0 Å². The molecule has 2 N–H and O–H groups in total. The first-order chi connectivity index (χ1) is 6.65. The number of hydrogen-bond donors (Lipinski definition) is 1. The van der Waals surface area contributed by atoms with E-state index in [0.717, 1.165) is 6.42 Å². The molecule has 2 nitrogen and oxygen atoms in total. The second kappa shape index (κ2) is 4.96. The van der Waals surface area contributed by atoms with Gasteiger partial charge in [0.05, 0.1) is 0 Å². The Kier molecular flexibility index (Phi) is 3.89. The van der Waals surface area contributed by atoms with E-state index in [1.807, 2.05) is 13.8 Å². The molecule has 0 heterocycles. The third-order valence-corrected chi connectivity index (χ3v) is 2.22. The van der Waals surface area contributed by atoms with E-state index in [1.54, 1.807) is 18.2 Å². The van der Waals surface area contributed by atoms with Crippen LogP contribution in [0.25, 0.3) is 0 Å². The molecule has 1 rings (SSSR count). The minimum Gasteiger partial charge on any atom is -0.486 e. The van der Waals surface area contributed by atoms with Crippen LogP contribution in [0, 0.1) is 5.82 Å². The van der Waals surface area contributed by atoms with Crippen LogP contribution in [0.1, 0.15) is 20.3 Å². The zero-order chi connectivity index (χ0) is 10.6. The Morgan fingerprint density at radius 3 is 2.64 bits per heavy atom. The Balaban J connectivity index is 2.64. The molecule has 0 bridgehead atoms. The van der Waals surface area contributed by atoms with Gasteiger partial charge < -0.3 is 10.5 Å². The second-order valence-corrected chi connectivity index (χ2v) is 3.33. The maximum absolute atomic E-state index is 13.2. The summed E-state index contributed by atoms with van der Waals surface area (Å²) in [6.07, 6.45) is 0.646. The molecule has 0 aliphatic heterocycles. The van der Waals surface area contributed by atoms with Crippen LogP contribution in [0.5, 0.6) is 5.75 Å². The smallest absolute Gasteiger partial charge is 0.165 e. The number of halogens is 1. The Hall–Kier alpha value is -1.09. The van der Waals surface area contributed by atoms with E-state index in [1.165, 1.54) is 6.07 Å². The number of benzene rings is 1. The maximum Gasteiger partial charge on any atom is 0.165 e. The molecule has 0 aliphatic carbocycles. The molecule has 78 valence electrons. The van der Waals surface area contributed by atoms with Gasteiger partial charge in [-0.3, -0.25) is 0 Å². The molecule has 1 aromatic rings. The standard InChI is InChI=1S/C11H16FNO/c1-3-10(13)8(2)14-11-7-5-4-6-9(11)12/h4-8,10H,3,13H2,1-2H3. The molecule has 0 aromatic heterocycles. The van der Waals surface area contributed by atoms with Crippen molar-refractivity contribution < 1.29 is 9.13 Å². The van der Waals surface area contributed by atoms with E-state index in [0.29, 0.717) is 0 Å². The zero-order valence-electron chi connectivity index (χ0n) is 8.53. The lowest BCUT2D eigenvalue weighted by Crippen LogP contribution is -2.36. The van der Waals surface area contributed by atoms with Gasteiger partial charge in [0, 0.05) is 6.04 Å². The van der Waals surface area contributed by atoms with Crippen molar-refractivity contribution in [1.29, 1.82) is 0 Å². The van der Waals surface area contributed by atoms with Crippen LogP contribution in [0.2, 0.25) is 0 Å². The SMILES string of the molecule is CCC(N)C(C)Oc1ccccc1F. The summed E-state index contributed by atoms with van der Waals surface area (Å²) in [5.41, 5.74) is 5.77. The Labute approximate surface area is 83.9 Å². The van der Waals surface area contributed by atoms with Crippen molar-refractivity contribution in [1.82, 2.24) is 0 Å². The highest BCUT2D eigenvalue weighted by Crippen LogP contribution is 2.17. The lowest BCUT2D eigenvalue weighted by molar-refractivity contribution is 0.179. The molecule has 0 spiro atoms. The predicted molar refractivity (Wildman–Crippen MR) is 54.8 cm³/mol. The molecule has 14 heavy (non-hydrogen) atoms. The first kappa shape index (κ1) is 11.0. The van der Waals surface area contributed by atoms with Gasteiger partial charge in [-0.15, -0.1) is 0 Å². The lowest BCUT2D eigenvalue weighted by atomic mass is 10.1. The summed E-state index contributed by atoms with van der Waals surface area (Å²) in [7, 11) is 0. The average molecular weight is 197 g/mol. The van der Waals surface area contributed by atoms with Gasteiger partial charge in [-0.1, -0.05) is 19.1 Å². The van der Waals surface area contributed by atoms with Crippen LogP contribution in [0.15, 0.2) is 24.3 Å². The Morgan fingerprint density at radius 1 is 1.43 bits per heavy atom. The van der Waals surface area contributed by atoms with Crippen molar-refractivity contribution in [3.8, 4) is 5.75 Å². The minimum atomic E-state index is -0.345. The fraction of sp³-hybridized carbons (Fsp3) is 0.455. The minimum absolute atomic E-state index is 0.0605. The monoisotopic (exact) mass is 197 g/mol. The number of rotatable bonds is 4. The number of ether oxygens (including phenoxy) is 1. The predicted octanol–water partition coefficient (Wildman–Crippen LogP) is 2.33. The van der Waals surface area contributed by atoms with Crippen molar-refractivity contribution >= 4 is 0 Å². The van der Waals surface area contributed by atoms with Gasteiger partial charge in [0.15, 0.2) is 11.6 Å².